The number of sulfonamides is 1. The van der Waals surface area contributed by atoms with Crippen LogP contribution < -0.4 is 14.9 Å². The zero-order chi connectivity index (χ0) is 23.4. The van der Waals surface area contributed by atoms with Crippen LogP contribution in [0.25, 0.3) is 11.0 Å². The van der Waals surface area contributed by atoms with Gasteiger partial charge in [-0.25, -0.2) is 13.4 Å². The number of anilines is 2. The summed E-state index contributed by atoms with van der Waals surface area (Å²) in [5, 5.41) is 2.76. The van der Waals surface area contributed by atoms with Gasteiger partial charge in [0.05, 0.1) is 23.6 Å². The van der Waals surface area contributed by atoms with E-state index in [1.54, 1.807) is 24.3 Å². The molecule has 2 aromatic heterocycles. The number of hydrogen-bond acceptors (Lipinski definition) is 8. The molecule has 33 heavy (non-hydrogen) atoms. The van der Waals surface area contributed by atoms with E-state index in [2.05, 4.69) is 23.8 Å². The molecular weight excluding hydrogens is 460 g/mol. The average Bonchev–Trinajstić information content (AvgIpc) is 3.28. The summed E-state index contributed by atoms with van der Waals surface area (Å²) < 4.78 is 37.3. The minimum atomic E-state index is -4.06. The lowest BCUT2D eigenvalue weighted by atomic mass is 10.1. The molecular formula is C22H22N6O3S2. The van der Waals surface area contributed by atoms with Gasteiger partial charge in [0.15, 0.2) is 0 Å². The fraction of sp³-hybridized carbons (Fsp3) is 0.182. The highest BCUT2D eigenvalue weighted by Gasteiger charge is 2.28. The molecule has 1 unspecified atom stereocenters. The van der Waals surface area contributed by atoms with Crippen molar-refractivity contribution in [2.24, 2.45) is 0 Å². The number of rotatable bonds is 8. The maximum atomic E-state index is 13.2. The molecule has 0 spiro atoms. The first-order valence-corrected chi connectivity index (χ1v) is 12.3. The summed E-state index contributed by atoms with van der Waals surface area (Å²) in [4.78, 5) is 19.3. The van der Waals surface area contributed by atoms with Crippen LogP contribution in [0, 0.1) is 0 Å². The molecule has 0 bridgehead atoms. The molecule has 2 heterocycles. The Balaban J connectivity index is 1.61. The fourth-order valence-corrected chi connectivity index (χ4v) is 5.20. The molecule has 4 aromatic rings. The van der Waals surface area contributed by atoms with Crippen LogP contribution in [0.5, 0.6) is 0 Å². The normalized spacial score (nSPS) is 12.4. The van der Waals surface area contributed by atoms with Gasteiger partial charge in [0.2, 0.25) is 15.9 Å². The van der Waals surface area contributed by atoms with Crippen LogP contribution in [-0.4, -0.2) is 48.2 Å². The number of fused-ring (bicyclic) bond motifs is 1. The van der Waals surface area contributed by atoms with E-state index >= 15 is 0 Å². The Bertz CT molecular complexity index is 1360. The van der Waals surface area contributed by atoms with E-state index < -0.39 is 22.0 Å². The van der Waals surface area contributed by atoms with Crippen LogP contribution in [0.2, 0.25) is 0 Å². The van der Waals surface area contributed by atoms with Gasteiger partial charge in [-0.3, -0.25) is 4.79 Å². The molecule has 0 aliphatic heterocycles. The molecule has 2 aromatic carbocycles. The minimum absolute atomic E-state index is 0.0170. The lowest BCUT2D eigenvalue weighted by Crippen LogP contribution is -2.45. The molecule has 0 radical (unpaired) electrons. The van der Waals surface area contributed by atoms with Gasteiger partial charge in [-0.2, -0.15) is 13.5 Å². The summed E-state index contributed by atoms with van der Waals surface area (Å²) in [6.07, 6.45) is 1.70. The topological polar surface area (TPSA) is 117 Å². The lowest BCUT2D eigenvalue weighted by Gasteiger charge is -2.19. The van der Waals surface area contributed by atoms with E-state index in [-0.39, 0.29) is 16.8 Å². The lowest BCUT2D eigenvalue weighted by molar-refractivity contribution is -0.117. The maximum absolute atomic E-state index is 13.2. The predicted molar refractivity (Wildman–Crippen MR) is 129 cm³/mol. The predicted octanol–water partition coefficient (Wildman–Crippen LogP) is 2.68. The van der Waals surface area contributed by atoms with Crippen molar-refractivity contribution in [2.45, 2.75) is 17.4 Å². The van der Waals surface area contributed by atoms with Crippen LogP contribution in [0.1, 0.15) is 5.56 Å². The standard InChI is InChI=1S/C22H22N6O3S2/c1-28(2)20-12-11-16(14-23-20)24-22(29)18(13-15-7-4-3-5-8-15)27-33(30,31)19-10-6-9-17-21(19)26-32-25-17/h3-12,14,18,27H,13H2,1-2H3,(H,24,29). The Hall–Kier alpha value is -3.41. The third-order valence-corrected chi connectivity index (χ3v) is 6.95. The van der Waals surface area contributed by atoms with E-state index in [4.69, 9.17) is 0 Å². The molecule has 0 saturated carbocycles. The Morgan fingerprint density at radius 1 is 1.03 bits per heavy atom. The van der Waals surface area contributed by atoms with Crippen molar-refractivity contribution >= 4 is 50.2 Å². The Morgan fingerprint density at radius 3 is 2.52 bits per heavy atom. The Kier molecular flexibility index (Phi) is 6.63. The van der Waals surface area contributed by atoms with E-state index in [0.717, 1.165) is 23.1 Å². The van der Waals surface area contributed by atoms with Crippen LogP contribution in [0.4, 0.5) is 11.5 Å². The molecule has 1 amide bonds. The second-order valence-corrected chi connectivity index (χ2v) is 9.75. The zero-order valence-corrected chi connectivity index (χ0v) is 19.6. The number of nitrogens with zero attached hydrogens (tertiary/aromatic N) is 4. The Labute approximate surface area is 195 Å². The van der Waals surface area contributed by atoms with Gasteiger partial charge in [0.1, 0.15) is 27.8 Å². The number of benzene rings is 2. The highest BCUT2D eigenvalue weighted by atomic mass is 32.2. The Morgan fingerprint density at radius 2 is 1.82 bits per heavy atom. The molecule has 0 aliphatic carbocycles. The van der Waals surface area contributed by atoms with Crippen molar-refractivity contribution < 1.29 is 13.2 Å². The summed E-state index contributed by atoms with van der Waals surface area (Å²) in [6.45, 7) is 0. The molecule has 9 nitrogen and oxygen atoms in total. The first kappa shape index (κ1) is 22.8. The van der Waals surface area contributed by atoms with E-state index in [1.807, 2.05) is 49.3 Å². The van der Waals surface area contributed by atoms with Crippen molar-refractivity contribution in [3.8, 4) is 0 Å². The fourth-order valence-electron chi connectivity index (χ4n) is 3.24. The van der Waals surface area contributed by atoms with Crippen LogP contribution in [-0.2, 0) is 21.2 Å². The van der Waals surface area contributed by atoms with E-state index in [0.29, 0.717) is 11.2 Å². The SMILES string of the molecule is CN(C)c1ccc(NC(=O)C(Cc2ccccc2)NS(=O)(=O)c2cccc3nsnc23)cn1. The van der Waals surface area contributed by atoms with Crippen LogP contribution in [0.15, 0.2) is 71.8 Å². The molecule has 170 valence electrons. The average molecular weight is 483 g/mol. The molecule has 2 N–H and O–H groups in total. The molecule has 0 saturated heterocycles. The van der Waals surface area contributed by atoms with Gasteiger partial charge < -0.3 is 10.2 Å². The first-order chi connectivity index (χ1) is 15.8. The monoisotopic (exact) mass is 482 g/mol. The summed E-state index contributed by atoms with van der Waals surface area (Å²) >= 11 is 0.934. The molecule has 4 rings (SSSR count). The number of nitrogens with one attached hydrogen (secondary N) is 2. The quantitative estimate of drug-likeness (QED) is 0.396. The maximum Gasteiger partial charge on any atom is 0.243 e. The largest absolute Gasteiger partial charge is 0.363 e. The highest BCUT2D eigenvalue weighted by molar-refractivity contribution is 7.89. The molecule has 0 aliphatic rings. The number of hydrogen-bond donors (Lipinski definition) is 2. The van der Waals surface area contributed by atoms with Gasteiger partial charge in [-0.05, 0) is 36.2 Å². The number of pyridine rings is 1. The van der Waals surface area contributed by atoms with Crippen molar-refractivity contribution in [2.75, 3.05) is 24.3 Å². The third kappa shape index (κ3) is 5.33. The van der Waals surface area contributed by atoms with E-state index in [9.17, 15) is 13.2 Å². The zero-order valence-electron chi connectivity index (χ0n) is 18.0. The molecule has 11 heteroatoms. The number of amides is 1. The number of carbonyl (C=O) groups is 1. The number of aromatic nitrogens is 3. The van der Waals surface area contributed by atoms with Crippen molar-refractivity contribution in [3.05, 3.63) is 72.4 Å². The highest BCUT2D eigenvalue weighted by Crippen LogP contribution is 2.22. The first-order valence-electron chi connectivity index (χ1n) is 10.1. The summed E-state index contributed by atoms with van der Waals surface area (Å²) in [5.74, 6) is 0.241. The van der Waals surface area contributed by atoms with Gasteiger partial charge in [0, 0.05) is 14.1 Å². The van der Waals surface area contributed by atoms with Gasteiger partial charge in [0.25, 0.3) is 0 Å². The van der Waals surface area contributed by atoms with Crippen molar-refractivity contribution in [1.29, 1.82) is 0 Å². The minimum Gasteiger partial charge on any atom is -0.363 e. The van der Waals surface area contributed by atoms with Gasteiger partial charge >= 0.3 is 0 Å². The second kappa shape index (κ2) is 9.61. The number of carbonyl (C=O) groups excluding carboxylic acids is 1. The van der Waals surface area contributed by atoms with Gasteiger partial charge in [-0.1, -0.05) is 36.4 Å². The van der Waals surface area contributed by atoms with Crippen molar-refractivity contribution in [1.82, 2.24) is 18.5 Å². The second-order valence-electron chi connectivity index (χ2n) is 7.54. The molecule has 0 fully saturated rings. The smallest absolute Gasteiger partial charge is 0.243 e. The van der Waals surface area contributed by atoms with Gasteiger partial charge in [-0.15, -0.1) is 0 Å². The van der Waals surface area contributed by atoms with E-state index in [1.165, 1.54) is 12.3 Å². The van der Waals surface area contributed by atoms with Crippen molar-refractivity contribution in [3.63, 3.8) is 0 Å². The summed E-state index contributed by atoms with van der Waals surface area (Å²) in [7, 11) is -0.331. The molecule has 1 atom stereocenters. The summed E-state index contributed by atoms with van der Waals surface area (Å²) in [6, 6.07) is 16.4. The van der Waals surface area contributed by atoms with Crippen LogP contribution in [0.3, 0.4) is 0 Å². The summed E-state index contributed by atoms with van der Waals surface area (Å²) in [5.41, 5.74) is 2.04. The van der Waals surface area contributed by atoms with Crippen LogP contribution >= 0.6 is 11.7 Å². The third-order valence-electron chi connectivity index (χ3n) is 4.91.